The summed E-state index contributed by atoms with van der Waals surface area (Å²) in [6.07, 6.45) is 3.58. The minimum absolute atomic E-state index is 0.0716. The Hall–Kier alpha value is -3.88. The van der Waals surface area contributed by atoms with E-state index >= 15 is 0 Å². The zero-order valence-electron chi connectivity index (χ0n) is 16.4. The summed E-state index contributed by atoms with van der Waals surface area (Å²) >= 11 is 0. The lowest BCUT2D eigenvalue weighted by Crippen LogP contribution is -2.37. The molecule has 3 aromatic rings. The molecule has 2 aromatic carbocycles. The maximum absolute atomic E-state index is 12.3. The van der Waals surface area contributed by atoms with Crippen LogP contribution in [-0.2, 0) is 11.2 Å². The predicted octanol–water partition coefficient (Wildman–Crippen LogP) is 2.60. The van der Waals surface area contributed by atoms with E-state index in [4.69, 9.17) is 4.74 Å². The number of hydrogen-bond donors (Lipinski definition) is 3. The number of fused-ring (bicyclic) bond motifs is 1. The Labute approximate surface area is 173 Å². The molecule has 2 atom stereocenters. The van der Waals surface area contributed by atoms with Crippen LogP contribution >= 0.6 is 0 Å². The van der Waals surface area contributed by atoms with Gasteiger partial charge in [0.05, 0.1) is 6.54 Å². The highest BCUT2D eigenvalue weighted by Gasteiger charge is 2.22. The third kappa shape index (κ3) is 4.57. The van der Waals surface area contributed by atoms with Crippen molar-refractivity contribution in [3.05, 3.63) is 66.7 Å². The summed E-state index contributed by atoms with van der Waals surface area (Å²) in [7, 11) is 0. The van der Waals surface area contributed by atoms with Gasteiger partial charge in [0.2, 0.25) is 5.91 Å². The summed E-state index contributed by atoms with van der Waals surface area (Å²) in [5, 5.41) is 12.4. The number of nitrogens with zero attached hydrogens (tertiary/aromatic N) is 3. The van der Waals surface area contributed by atoms with Crippen molar-refractivity contribution in [2.45, 2.75) is 25.5 Å². The molecule has 2 heterocycles. The van der Waals surface area contributed by atoms with Gasteiger partial charge in [-0.25, -0.2) is 14.5 Å². The average Bonchev–Trinajstić information content (AvgIpc) is 3.43. The van der Waals surface area contributed by atoms with E-state index in [9.17, 15) is 9.59 Å². The topological polar surface area (TPSA) is 110 Å². The van der Waals surface area contributed by atoms with E-state index in [0.717, 1.165) is 17.7 Å². The monoisotopic (exact) mass is 406 g/mol. The smallest absolute Gasteiger partial charge is 0.319 e. The molecule has 0 saturated carbocycles. The Bertz CT molecular complexity index is 994. The number of carbonyl (C=O) groups excluding carboxylic acids is 2. The number of hydrogen-bond acceptors (Lipinski definition) is 5. The zero-order valence-corrected chi connectivity index (χ0v) is 16.4. The summed E-state index contributed by atoms with van der Waals surface area (Å²) in [5.41, 5.74) is 2.39. The Balaban J connectivity index is 1.23. The number of carbonyl (C=O) groups is 2. The molecule has 1 aliphatic rings. The van der Waals surface area contributed by atoms with Gasteiger partial charge in [0.25, 0.3) is 0 Å². The third-order valence-corrected chi connectivity index (χ3v) is 4.83. The van der Waals surface area contributed by atoms with Crippen molar-refractivity contribution in [3.63, 3.8) is 0 Å². The largest absolute Gasteiger partial charge is 0.488 e. The highest BCUT2D eigenvalue weighted by atomic mass is 16.5. The Morgan fingerprint density at radius 2 is 1.87 bits per heavy atom. The van der Waals surface area contributed by atoms with Crippen molar-refractivity contribution >= 4 is 23.3 Å². The highest BCUT2D eigenvalue weighted by molar-refractivity contribution is 5.94. The standard InChI is InChI=1S/C21H22N6O3/c1-14(27-13-22-12-24-27)20(28)25-16-6-8-17(9-7-16)26-21(29)23-11-18-10-15-4-2-3-5-19(15)30-18/h2-9,12-14,18H,10-11H2,1H3,(H,25,28)(H2,23,26,29)/t14-,18+/m1/s1. The zero-order chi connectivity index (χ0) is 20.9. The van der Waals surface area contributed by atoms with Crippen LogP contribution in [0.5, 0.6) is 5.75 Å². The molecule has 9 nitrogen and oxygen atoms in total. The Morgan fingerprint density at radius 3 is 2.57 bits per heavy atom. The Kier molecular flexibility index (Phi) is 5.60. The molecule has 3 amide bonds. The van der Waals surface area contributed by atoms with Gasteiger partial charge in [0, 0.05) is 17.8 Å². The van der Waals surface area contributed by atoms with Crippen molar-refractivity contribution in [1.82, 2.24) is 20.1 Å². The summed E-state index contributed by atoms with van der Waals surface area (Å²) < 4.78 is 7.29. The first-order valence-electron chi connectivity index (χ1n) is 9.63. The summed E-state index contributed by atoms with van der Waals surface area (Å²) in [6.45, 7) is 2.14. The normalized spacial score (nSPS) is 15.6. The second-order valence-electron chi connectivity index (χ2n) is 7.00. The lowest BCUT2D eigenvalue weighted by Gasteiger charge is -2.14. The first kappa shape index (κ1) is 19.4. The molecule has 30 heavy (non-hydrogen) atoms. The second kappa shape index (κ2) is 8.64. The van der Waals surface area contributed by atoms with Gasteiger partial charge < -0.3 is 20.7 Å². The predicted molar refractivity (Wildman–Crippen MR) is 111 cm³/mol. The first-order chi connectivity index (χ1) is 14.6. The van der Waals surface area contributed by atoms with Gasteiger partial charge in [-0.1, -0.05) is 18.2 Å². The summed E-state index contributed by atoms with van der Waals surface area (Å²) in [6, 6.07) is 14.0. The molecule has 3 N–H and O–H groups in total. The molecule has 0 unspecified atom stereocenters. The van der Waals surface area contributed by atoms with Gasteiger partial charge in [0.15, 0.2) is 0 Å². The van der Waals surface area contributed by atoms with Crippen molar-refractivity contribution in [3.8, 4) is 5.75 Å². The van der Waals surface area contributed by atoms with Gasteiger partial charge in [-0.05, 0) is 42.8 Å². The van der Waals surface area contributed by atoms with Crippen LogP contribution in [0.4, 0.5) is 16.2 Å². The lowest BCUT2D eigenvalue weighted by atomic mass is 10.1. The van der Waals surface area contributed by atoms with Gasteiger partial charge in [-0.2, -0.15) is 5.10 Å². The number of anilines is 2. The highest BCUT2D eigenvalue weighted by Crippen LogP contribution is 2.27. The molecule has 0 saturated heterocycles. The van der Waals surface area contributed by atoms with E-state index in [0.29, 0.717) is 17.9 Å². The van der Waals surface area contributed by atoms with Gasteiger partial charge >= 0.3 is 6.03 Å². The van der Waals surface area contributed by atoms with Crippen molar-refractivity contribution in [1.29, 1.82) is 0 Å². The van der Waals surface area contributed by atoms with Crippen molar-refractivity contribution in [2.75, 3.05) is 17.2 Å². The molecule has 0 aliphatic carbocycles. The van der Waals surface area contributed by atoms with Gasteiger partial charge in [0.1, 0.15) is 30.5 Å². The van der Waals surface area contributed by atoms with Crippen LogP contribution in [0.25, 0.3) is 0 Å². The first-order valence-corrected chi connectivity index (χ1v) is 9.63. The minimum Gasteiger partial charge on any atom is -0.488 e. The Morgan fingerprint density at radius 1 is 1.13 bits per heavy atom. The van der Waals surface area contributed by atoms with Gasteiger partial charge in [-0.3, -0.25) is 4.79 Å². The molecule has 1 aliphatic heterocycles. The quantitative estimate of drug-likeness (QED) is 0.583. The van der Waals surface area contributed by atoms with Crippen LogP contribution in [0.3, 0.4) is 0 Å². The number of para-hydroxylation sites is 1. The van der Waals surface area contributed by atoms with E-state index in [-0.39, 0.29) is 18.0 Å². The van der Waals surface area contributed by atoms with E-state index in [2.05, 4.69) is 26.0 Å². The summed E-state index contributed by atoms with van der Waals surface area (Å²) in [5.74, 6) is 0.664. The SMILES string of the molecule is C[C@H](C(=O)Nc1ccc(NC(=O)NC[C@@H]2Cc3ccccc3O2)cc1)n1cncn1. The van der Waals surface area contributed by atoms with Crippen LogP contribution in [0, 0.1) is 0 Å². The van der Waals surface area contributed by atoms with Crippen molar-refractivity contribution in [2.24, 2.45) is 0 Å². The number of ether oxygens (including phenoxy) is 1. The van der Waals surface area contributed by atoms with Crippen LogP contribution in [0.1, 0.15) is 18.5 Å². The van der Waals surface area contributed by atoms with Crippen LogP contribution in [0.15, 0.2) is 61.2 Å². The van der Waals surface area contributed by atoms with E-state index < -0.39 is 6.04 Å². The molecule has 1 aromatic heterocycles. The number of nitrogens with one attached hydrogen (secondary N) is 3. The van der Waals surface area contributed by atoms with Crippen LogP contribution in [0.2, 0.25) is 0 Å². The van der Waals surface area contributed by atoms with Crippen LogP contribution < -0.4 is 20.7 Å². The van der Waals surface area contributed by atoms with Crippen LogP contribution in [-0.4, -0.2) is 39.4 Å². The third-order valence-electron chi connectivity index (χ3n) is 4.83. The lowest BCUT2D eigenvalue weighted by molar-refractivity contribution is -0.119. The molecule has 0 fully saturated rings. The number of urea groups is 1. The number of amides is 3. The maximum atomic E-state index is 12.3. The molecule has 0 spiro atoms. The number of rotatable bonds is 6. The fourth-order valence-electron chi connectivity index (χ4n) is 3.17. The maximum Gasteiger partial charge on any atom is 0.319 e. The minimum atomic E-state index is -0.486. The molecule has 0 bridgehead atoms. The van der Waals surface area contributed by atoms with Gasteiger partial charge in [-0.15, -0.1) is 0 Å². The molecular formula is C21H22N6O3. The molecule has 154 valence electrons. The van der Waals surface area contributed by atoms with E-state index in [1.54, 1.807) is 31.2 Å². The fraction of sp³-hybridized carbons (Fsp3) is 0.238. The van der Waals surface area contributed by atoms with E-state index in [1.165, 1.54) is 17.3 Å². The molecule has 4 rings (SSSR count). The average molecular weight is 406 g/mol. The molecule has 9 heteroatoms. The molecule has 0 radical (unpaired) electrons. The fourth-order valence-corrected chi connectivity index (χ4v) is 3.17. The number of benzene rings is 2. The molecular weight excluding hydrogens is 384 g/mol. The second-order valence-corrected chi connectivity index (χ2v) is 7.00. The summed E-state index contributed by atoms with van der Waals surface area (Å²) in [4.78, 5) is 28.3. The van der Waals surface area contributed by atoms with E-state index in [1.807, 2.05) is 24.3 Å². The van der Waals surface area contributed by atoms with Crippen molar-refractivity contribution < 1.29 is 14.3 Å². The number of aromatic nitrogens is 3.